The van der Waals surface area contributed by atoms with Gasteiger partial charge in [0.15, 0.2) is 3.95 Å². The first-order valence-corrected chi connectivity index (χ1v) is 8.92. The Bertz CT molecular complexity index is 491. The van der Waals surface area contributed by atoms with E-state index in [2.05, 4.69) is 23.7 Å². The van der Waals surface area contributed by atoms with Crippen LogP contribution in [0.1, 0.15) is 37.8 Å². The third kappa shape index (κ3) is 5.88. The fourth-order valence-corrected chi connectivity index (χ4v) is 3.62. The van der Waals surface area contributed by atoms with Crippen LogP contribution in [0, 0.1) is 10.9 Å². The lowest BCUT2D eigenvalue weighted by molar-refractivity contribution is -0.130. The topological polar surface area (TPSA) is 39.3 Å². The Kier molecular flexibility index (Phi) is 8.14. The first-order valence-electron chi connectivity index (χ1n) is 7.70. The van der Waals surface area contributed by atoms with Crippen LogP contribution < -0.4 is 0 Å². The summed E-state index contributed by atoms with van der Waals surface area (Å²) in [5.74, 6) is 0.199. The normalized spacial score (nSPS) is 11.1. The van der Waals surface area contributed by atoms with Gasteiger partial charge in [0.1, 0.15) is 0 Å². The van der Waals surface area contributed by atoms with Gasteiger partial charge in [-0.2, -0.15) is 0 Å². The van der Waals surface area contributed by atoms with E-state index in [9.17, 15) is 4.79 Å². The van der Waals surface area contributed by atoms with Crippen LogP contribution in [-0.2, 0) is 11.2 Å². The molecule has 21 heavy (non-hydrogen) atoms. The van der Waals surface area contributed by atoms with E-state index in [0.29, 0.717) is 6.42 Å². The van der Waals surface area contributed by atoms with Crippen molar-refractivity contribution in [2.75, 3.05) is 32.7 Å². The van der Waals surface area contributed by atoms with E-state index in [0.717, 1.165) is 53.7 Å². The van der Waals surface area contributed by atoms with Crippen LogP contribution in [0.3, 0.4) is 0 Å². The number of hydrogen-bond donors (Lipinski definition) is 1. The molecular weight excluding hydrogens is 302 g/mol. The third-order valence-electron chi connectivity index (χ3n) is 3.77. The maximum absolute atomic E-state index is 12.4. The molecule has 0 bridgehead atoms. The van der Waals surface area contributed by atoms with Crippen molar-refractivity contribution in [3.05, 3.63) is 14.5 Å². The molecule has 6 heteroatoms. The summed E-state index contributed by atoms with van der Waals surface area (Å²) < 4.78 is 0.750. The van der Waals surface area contributed by atoms with E-state index in [1.165, 1.54) is 11.3 Å². The zero-order chi connectivity index (χ0) is 15.8. The van der Waals surface area contributed by atoms with Crippen LogP contribution in [0.4, 0.5) is 0 Å². The molecule has 0 atom stereocenters. The molecule has 0 aliphatic heterocycles. The van der Waals surface area contributed by atoms with Crippen molar-refractivity contribution < 1.29 is 4.79 Å². The van der Waals surface area contributed by atoms with Crippen LogP contribution >= 0.6 is 23.6 Å². The minimum absolute atomic E-state index is 0.199. The highest BCUT2D eigenvalue weighted by atomic mass is 32.1. The zero-order valence-electron chi connectivity index (χ0n) is 13.6. The molecule has 4 nitrogen and oxygen atoms in total. The third-order valence-corrected chi connectivity index (χ3v) is 5.10. The molecule has 0 aromatic carbocycles. The first-order chi connectivity index (χ1) is 10.0. The van der Waals surface area contributed by atoms with Gasteiger partial charge in [-0.1, -0.05) is 13.8 Å². The van der Waals surface area contributed by atoms with E-state index in [1.54, 1.807) is 0 Å². The summed E-state index contributed by atoms with van der Waals surface area (Å²) in [5, 5.41) is 0. The summed E-state index contributed by atoms with van der Waals surface area (Å²) in [6.45, 7) is 13.2. The number of nitrogens with zero attached hydrogens (tertiary/aromatic N) is 2. The molecule has 1 amide bonds. The Morgan fingerprint density at radius 2 is 1.86 bits per heavy atom. The second-order valence-corrected chi connectivity index (χ2v) is 6.87. The Morgan fingerprint density at radius 1 is 1.19 bits per heavy atom. The number of rotatable bonds is 9. The molecule has 0 saturated carbocycles. The van der Waals surface area contributed by atoms with Crippen LogP contribution in [0.15, 0.2) is 0 Å². The van der Waals surface area contributed by atoms with Crippen LogP contribution in [-0.4, -0.2) is 53.4 Å². The van der Waals surface area contributed by atoms with Crippen molar-refractivity contribution in [3.8, 4) is 0 Å². The number of thiazole rings is 1. The van der Waals surface area contributed by atoms with Gasteiger partial charge >= 0.3 is 0 Å². The van der Waals surface area contributed by atoms with Crippen molar-refractivity contribution in [1.29, 1.82) is 0 Å². The second-order valence-electron chi connectivity index (χ2n) is 5.09. The molecule has 0 aliphatic carbocycles. The van der Waals surface area contributed by atoms with Crippen molar-refractivity contribution in [1.82, 2.24) is 14.8 Å². The molecule has 0 fully saturated rings. The highest BCUT2D eigenvalue weighted by Crippen LogP contribution is 2.16. The van der Waals surface area contributed by atoms with Gasteiger partial charge in [0.25, 0.3) is 0 Å². The number of aromatic amines is 1. The predicted molar refractivity (Wildman–Crippen MR) is 92.6 cm³/mol. The average Bonchev–Trinajstić information content (AvgIpc) is 2.77. The highest BCUT2D eigenvalue weighted by Gasteiger charge is 2.15. The number of carbonyl (C=O) groups excluding carboxylic acids is 1. The van der Waals surface area contributed by atoms with Gasteiger partial charge in [-0.05, 0) is 52.1 Å². The number of carbonyl (C=O) groups is 1. The van der Waals surface area contributed by atoms with Crippen LogP contribution in [0.5, 0.6) is 0 Å². The van der Waals surface area contributed by atoms with Gasteiger partial charge in [-0.3, -0.25) is 4.79 Å². The molecule has 120 valence electrons. The van der Waals surface area contributed by atoms with Gasteiger partial charge < -0.3 is 14.8 Å². The van der Waals surface area contributed by atoms with E-state index in [1.807, 2.05) is 18.7 Å². The van der Waals surface area contributed by atoms with Crippen molar-refractivity contribution >= 4 is 29.5 Å². The van der Waals surface area contributed by atoms with Gasteiger partial charge in [0.05, 0.1) is 6.42 Å². The summed E-state index contributed by atoms with van der Waals surface area (Å²) in [5.41, 5.74) is 1.03. The number of hydrogen-bond acceptors (Lipinski definition) is 4. The molecule has 1 heterocycles. The van der Waals surface area contributed by atoms with E-state index in [4.69, 9.17) is 12.2 Å². The SMILES string of the molecule is CCN(CC)CCCN(CC)C(=O)Cc1sc(=S)[nH]c1C. The standard InChI is InChI=1S/C15H27N3OS2/c1-5-17(6-2)9-8-10-18(7-3)14(19)11-13-12(4)16-15(20)21-13/h5-11H2,1-4H3,(H,16,20). The highest BCUT2D eigenvalue weighted by molar-refractivity contribution is 7.73. The van der Waals surface area contributed by atoms with Crippen molar-refractivity contribution in [2.45, 2.75) is 40.5 Å². The Hall–Kier alpha value is -0.720. The second kappa shape index (κ2) is 9.33. The summed E-state index contributed by atoms with van der Waals surface area (Å²) in [4.78, 5) is 20.9. The Morgan fingerprint density at radius 3 is 2.33 bits per heavy atom. The number of aryl methyl sites for hydroxylation is 1. The van der Waals surface area contributed by atoms with Gasteiger partial charge in [0, 0.05) is 23.7 Å². The molecule has 1 aromatic heterocycles. The van der Waals surface area contributed by atoms with Gasteiger partial charge in [-0.25, -0.2) is 0 Å². The fraction of sp³-hybridized carbons (Fsp3) is 0.733. The smallest absolute Gasteiger partial charge is 0.227 e. The van der Waals surface area contributed by atoms with E-state index < -0.39 is 0 Å². The van der Waals surface area contributed by atoms with Crippen LogP contribution in [0.2, 0.25) is 0 Å². The predicted octanol–water partition coefficient (Wildman–Crippen LogP) is 3.24. The minimum atomic E-state index is 0.199. The lowest BCUT2D eigenvalue weighted by Gasteiger charge is -2.23. The van der Waals surface area contributed by atoms with Gasteiger partial charge in [0.2, 0.25) is 5.91 Å². The molecule has 0 aliphatic rings. The molecule has 0 radical (unpaired) electrons. The molecule has 1 aromatic rings. The first kappa shape index (κ1) is 18.3. The summed E-state index contributed by atoms with van der Waals surface area (Å²) >= 11 is 6.64. The van der Waals surface area contributed by atoms with Crippen molar-refractivity contribution in [2.24, 2.45) is 0 Å². The maximum atomic E-state index is 12.4. The molecule has 0 saturated heterocycles. The summed E-state index contributed by atoms with van der Waals surface area (Å²) in [6.07, 6.45) is 1.49. The molecule has 1 N–H and O–H groups in total. The quantitative estimate of drug-likeness (QED) is 0.707. The zero-order valence-corrected chi connectivity index (χ0v) is 15.2. The average molecular weight is 330 g/mol. The number of likely N-dealkylation sites (N-methyl/N-ethyl adjacent to an activating group) is 1. The number of aromatic nitrogens is 1. The Labute approximate surface area is 137 Å². The Balaban J connectivity index is 2.49. The van der Waals surface area contributed by atoms with Gasteiger partial charge in [-0.15, -0.1) is 11.3 Å². The molecular formula is C15H27N3OS2. The van der Waals surface area contributed by atoms with Crippen molar-refractivity contribution in [3.63, 3.8) is 0 Å². The lowest BCUT2D eigenvalue weighted by Crippen LogP contribution is -2.35. The minimum Gasteiger partial charge on any atom is -0.343 e. The summed E-state index contributed by atoms with van der Waals surface area (Å²) in [7, 11) is 0. The van der Waals surface area contributed by atoms with E-state index in [-0.39, 0.29) is 5.91 Å². The number of nitrogens with one attached hydrogen (secondary N) is 1. The summed E-state index contributed by atoms with van der Waals surface area (Å²) in [6, 6.07) is 0. The largest absolute Gasteiger partial charge is 0.343 e. The molecule has 0 spiro atoms. The number of H-pyrrole nitrogens is 1. The maximum Gasteiger partial charge on any atom is 0.227 e. The monoisotopic (exact) mass is 329 g/mol. The fourth-order valence-electron chi connectivity index (χ4n) is 2.34. The van der Waals surface area contributed by atoms with Crippen LogP contribution in [0.25, 0.3) is 0 Å². The number of amides is 1. The molecule has 1 rings (SSSR count). The molecule has 0 unspecified atom stereocenters. The lowest BCUT2D eigenvalue weighted by atomic mass is 10.2. The van der Waals surface area contributed by atoms with E-state index >= 15 is 0 Å².